The number of benzene rings is 2. The van der Waals surface area contributed by atoms with Crippen molar-refractivity contribution in [1.82, 2.24) is 28.5 Å². The van der Waals surface area contributed by atoms with Crippen LogP contribution in [-0.4, -0.2) is 93.3 Å². The van der Waals surface area contributed by atoms with E-state index in [4.69, 9.17) is 49.6 Å². The average Bonchev–Trinajstić information content (AvgIpc) is 3.86. The lowest BCUT2D eigenvalue weighted by atomic mass is 9.98. The fraction of sp³-hybridized carbons (Fsp3) is 0.364. The van der Waals surface area contributed by atoms with Gasteiger partial charge in [0.1, 0.15) is 21.5 Å². The maximum Gasteiger partial charge on any atom is 0.335 e. The van der Waals surface area contributed by atoms with Gasteiger partial charge in [-0.25, -0.2) is 18.2 Å². The number of sulfonamides is 1. The Hall–Kier alpha value is -4.64. The molecule has 2 aromatic carbocycles. The third kappa shape index (κ3) is 8.30. The van der Waals surface area contributed by atoms with Crippen molar-refractivity contribution in [3.05, 3.63) is 108 Å². The minimum absolute atomic E-state index is 0.0259. The van der Waals surface area contributed by atoms with E-state index in [1.54, 1.807) is 11.0 Å². The number of halogens is 3. The number of aromatic carboxylic acids is 1. The summed E-state index contributed by atoms with van der Waals surface area (Å²) in [6.07, 6.45) is 1.77. The van der Waals surface area contributed by atoms with E-state index in [0.717, 1.165) is 67.2 Å². The number of carbonyl (C=O) groups excluding carboxylic acids is 1. The van der Waals surface area contributed by atoms with Crippen LogP contribution in [0.4, 0.5) is 5.82 Å². The number of thiophene rings is 1. The van der Waals surface area contributed by atoms with Crippen LogP contribution in [0.25, 0.3) is 22.0 Å². The van der Waals surface area contributed by atoms with Gasteiger partial charge in [-0.15, -0.1) is 11.3 Å². The van der Waals surface area contributed by atoms with Gasteiger partial charge in [-0.05, 0) is 106 Å². The van der Waals surface area contributed by atoms with Gasteiger partial charge in [-0.2, -0.15) is 9.40 Å². The molecule has 4 aromatic heterocycles. The summed E-state index contributed by atoms with van der Waals surface area (Å²) in [4.78, 5) is 36.1. The zero-order valence-electron chi connectivity index (χ0n) is 35.0. The Morgan fingerprint density at radius 1 is 0.919 bits per heavy atom. The van der Waals surface area contributed by atoms with E-state index in [9.17, 15) is 18.3 Å². The van der Waals surface area contributed by atoms with Gasteiger partial charge in [0.05, 0.1) is 45.0 Å². The minimum Gasteiger partial charge on any atom is -0.494 e. The molecular formula is C44H46Cl3N7O6S2. The maximum absolute atomic E-state index is 15.1. The van der Waals surface area contributed by atoms with Gasteiger partial charge in [0.15, 0.2) is 0 Å². The number of hydrogen-bond acceptors (Lipinski definition) is 9. The molecule has 1 saturated heterocycles. The molecular weight excluding hydrogens is 893 g/mol. The number of carboxylic acid groups (broad SMARTS) is 1. The first kappa shape index (κ1) is 44.0. The number of nitrogens with zero attached hydrogens (tertiary/aromatic N) is 7. The molecule has 1 amide bonds. The summed E-state index contributed by atoms with van der Waals surface area (Å²) >= 11 is 20.6. The van der Waals surface area contributed by atoms with Crippen LogP contribution in [0.1, 0.15) is 67.5 Å². The highest BCUT2D eigenvalue weighted by atomic mass is 35.5. The number of aromatic nitrogens is 4. The highest BCUT2D eigenvalue weighted by molar-refractivity contribution is 7.91. The molecule has 6 heterocycles. The van der Waals surface area contributed by atoms with Crippen molar-refractivity contribution in [2.75, 3.05) is 44.2 Å². The first-order valence-electron chi connectivity index (χ1n) is 20.3. The second-order valence-electron chi connectivity index (χ2n) is 15.8. The number of amides is 1. The Labute approximate surface area is 379 Å². The number of carboxylic acids is 1. The van der Waals surface area contributed by atoms with E-state index in [1.807, 2.05) is 68.6 Å². The number of pyridine rings is 1. The Bertz CT molecular complexity index is 2840. The number of fused-ring (bicyclic) bond motifs is 3. The van der Waals surface area contributed by atoms with Crippen LogP contribution >= 0.6 is 46.1 Å². The number of anilines is 1. The van der Waals surface area contributed by atoms with E-state index in [2.05, 4.69) is 4.57 Å². The number of ether oxygens (including phenoxy) is 1. The summed E-state index contributed by atoms with van der Waals surface area (Å²) < 4.78 is 38.7. The third-order valence-corrected chi connectivity index (χ3v) is 16.3. The lowest BCUT2D eigenvalue weighted by Crippen LogP contribution is -2.48. The van der Waals surface area contributed by atoms with Crippen LogP contribution in [0, 0.1) is 27.7 Å². The quantitative estimate of drug-likeness (QED) is 0.119. The topological polar surface area (TPSA) is 143 Å². The van der Waals surface area contributed by atoms with E-state index in [-0.39, 0.29) is 35.3 Å². The van der Waals surface area contributed by atoms with Crippen molar-refractivity contribution in [1.29, 1.82) is 0 Å². The standard InChI is InChI=1S/C44H46Cl3N7O6S2/c1-25-20-31(21-26(2)40(25)47)60-19-6-8-32-33-9-10-34(45)39(38-27(3)49-50(5)28(38)4)41(33)54-14-7-13-52(43(55)42(32)54)24-30-22-29(44(56)57)23-36(48-30)51-15-17-53(18-16-51)62(58,59)37-12-11-35(46)61-37/h9-12,20-23H,6-8,13-19,24H2,1-5H3,(H,56,57). The molecule has 1 fully saturated rings. The second-order valence-corrected chi connectivity index (χ2v) is 20.5. The Kier molecular flexibility index (Phi) is 12.4. The highest BCUT2D eigenvalue weighted by Gasteiger charge is 2.34. The van der Waals surface area contributed by atoms with Gasteiger partial charge in [0.25, 0.3) is 15.9 Å². The summed E-state index contributed by atoms with van der Waals surface area (Å²) in [6, 6.07) is 13.8. The summed E-state index contributed by atoms with van der Waals surface area (Å²) in [6.45, 7) is 10.2. The Balaban J connectivity index is 1.12. The first-order valence-corrected chi connectivity index (χ1v) is 23.7. The van der Waals surface area contributed by atoms with Crippen LogP contribution in [0.5, 0.6) is 5.75 Å². The normalized spacial score (nSPS) is 15.1. The van der Waals surface area contributed by atoms with E-state index < -0.39 is 16.0 Å². The number of hydrogen-bond donors (Lipinski definition) is 1. The SMILES string of the molecule is Cc1cc(OCCCc2c3n(c4c(-c5c(C)nn(C)c5C)c(Cl)ccc24)CCCN(Cc2cc(C(=O)O)cc(N4CCN(S(=O)(=O)c5ccc(Cl)s5)CC4)n2)C3=O)cc(C)c1Cl. The van der Waals surface area contributed by atoms with Crippen molar-refractivity contribution in [2.45, 2.75) is 64.3 Å². The molecule has 8 rings (SSSR count). The largest absolute Gasteiger partial charge is 0.494 e. The molecule has 0 unspecified atom stereocenters. The fourth-order valence-electron chi connectivity index (χ4n) is 8.69. The molecule has 2 aliphatic rings. The monoisotopic (exact) mass is 937 g/mol. The van der Waals surface area contributed by atoms with Gasteiger partial charge in [0.2, 0.25) is 0 Å². The fourth-order valence-corrected chi connectivity index (χ4v) is 12.1. The van der Waals surface area contributed by atoms with E-state index in [1.165, 1.54) is 22.5 Å². The number of carbonyl (C=O) groups is 2. The molecule has 0 spiro atoms. The van der Waals surface area contributed by atoms with E-state index in [0.29, 0.717) is 83.6 Å². The summed E-state index contributed by atoms with van der Waals surface area (Å²) in [5.41, 5.74) is 8.16. The molecule has 0 aliphatic carbocycles. The number of piperazine rings is 1. The predicted octanol–water partition coefficient (Wildman–Crippen LogP) is 8.96. The number of rotatable bonds is 12. The average molecular weight is 939 g/mol. The second kappa shape index (κ2) is 17.5. The lowest BCUT2D eigenvalue weighted by Gasteiger charge is -2.34. The van der Waals surface area contributed by atoms with Crippen molar-refractivity contribution in [3.63, 3.8) is 0 Å². The molecule has 6 aromatic rings. The molecule has 0 bridgehead atoms. The third-order valence-electron chi connectivity index (χ3n) is 11.8. The van der Waals surface area contributed by atoms with Crippen LogP contribution in [0.3, 0.4) is 0 Å². The highest BCUT2D eigenvalue weighted by Crippen LogP contribution is 2.43. The molecule has 18 heteroatoms. The molecule has 0 atom stereocenters. The van der Waals surface area contributed by atoms with Gasteiger partial charge >= 0.3 is 5.97 Å². The maximum atomic E-state index is 15.1. The molecule has 0 saturated carbocycles. The van der Waals surface area contributed by atoms with Gasteiger partial charge in [0, 0.05) is 73.5 Å². The van der Waals surface area contributed by atoms with Crippen molar-refractivity contribution in [3.8, 4) is 16.9 Å². The van der Waals surface area contributed by atoms with Crippen molar-refractivity contribution in [2.24, 2.45) is 7.05 Å². The van der Waals surface area contributed by atoms with Gasteiger partial charge in [-0.1, -0.05) is 40.9 Å². The Morgan fingerprint density at radius 2 is 1.65 bits per heavy atom. The summed E-state index contributed by atoms with van der Waals surface area (Å²) in [5, 5.41) is 17.1. The molecule has 62 heavy (non-hydrogen) atoms. The van der Waals surface area contributed by atoms with Crippen molar-refractivity contribution >= 4 is 84.8 Å². The lowest BCUT2D eigenvalue weighted by molar-refractivity contribution is 0.0696. The zero-order chi connectivity index (χ0) is 44.2. The molecule has 13 nitrogen and oxygen atoms in total. The Morgan fingerprint density at radius 3 is 2.29 bits per heavy atom. The van der Waals surface area contributed by atoms with Crippen LogP contribution in [0.15, 0.2) is 52.7 Å². The zero-order valence-corrected chi connectivity index (χ0v) is 38.9. The molecule has 2 aliphatic heterocycles. The van der Waals surface area contributed by atoms with Gasteiger partial charge in [-0.3, -0.25) is 9.48 Å². The smallest absolute Gasteiger partial charge is 0.335 e. The van der Waals surface area contributed by atoms with Crippen molar-refractivity contribution < 1.29 is 27.9 Å². The predicted molar refractivity (Wildman–Crippen MR) is 244 cm³/mol. The summed E-state index contributed by atoms with van der Waals surface area (Å²) in [7, 11) is -1.83. The van der Waals surface area contributed by atoms with Crippen LogP contribution in [0.2, 0.25) is 14.4 Å². The summed E-state index contributed by atoms with van der Waals surface area (Å²) in [5.74, 6) is -0.195. The van der Waals surface area contributed by atoms with Gasteiger partial charge < -0.3 is 24.2 Å². The first-order chi connectivity index (χ1) is 29.5. The molecule has 326 valence electrons. The van der Waals surface area contributed by atoms with Crippen LogP contribution in [-0.2, 0) is 36.6 Å². The number of aryl methyl sites for hydroxylation is 6. The van der Waals surface area contributed by atoms with Crippen LogP contribution < -0.4 is 9.64 Å². The molecule has 0 radical (unpaired) electrons. The molecule has 1 N–H and O–H groups in total. The minimum atomic E-state index is -3.74. The van der Waals surface area contributed by atoms with E-state index >= 15 is 4.79 Å².